The first-order valence-corrected chi connectivity index (χ1v) is 13.3. The number of alkyl halides is 4. The highest BCUT2D eigenvalue weighted by Crippen LogP contribution is 2.37. The van der Waals surface area contributed by atoms with Crippen LogP contribution in [-0.4, -0.2) is 57.8 Å². The zero-order valence-electron chi connectivity index (χ0n) is 20.3. The normalized spacial score (nSPS) is 18.8. The SMILES string of the molecule is O=c1sc(C(Cc2ccc(Cl)cc2C(F)(F)F)=c2ccc3c(c2)C=NN=3)c(O)n1C[C@H](O)CN1CC[C@@H](F)C1. The third-order valence-electron chi connectivity index (χ3n) is 6.70. The molecule has 1 fully saturated rings. The molecule has 7 nitrogen and oxygen atoms in total. The standard InChI is InChI=1S/C26H23ClF4N4O3S/c27-17-3-1-15(21(9-17)26(29,30)31)8-20(14-2-4-22-16(7-14)10-32-33-22)23-24(37)35(25(38)39-23)13-19(36)12-34-6-5-18(28)11-34/h1-4,7,9-10,18-19,36-37H,5-6,8,11-13H2/t18-,19-/m1/s1. The number of thiazole rings is 1. The van der Waals surface area contributed by atoms with Gasteiger partial charge in [0.1, 0.15) is 6.17 Å². The van der Waals surface area contributed by atoms with Gasteiger partial charge < -0.3 is 10.2 Å². The van der Waals surface area contributed by atoms with E-state index in [0.29, 0.717) is 40.4 Å². The highest BCUT2D eigenvalue weighted by Gasteiger charge is 2.34. The van der Waals surface area contributed by atoms with Crippen LogP contribution in [0.2, 0.25) is 5.02 Å². The van der Waals surface area contributed by atoms with E-state index in [1.165, 1.54) is 18.3 Å². The Balaban J connectivity index is 1.57. The number of hydrogen-bond donors (Lipinski definition) is 2. The average molecular weight is 583 g/mol. The molecule has 0 bridgehead atoms. The number of aromatic nitrogens is 1. The summed E-state index contributed by atoms with van der Waals surface area (Å²) in [5, 5.41) is 30.5. The van der Waals surface area contributed by atoms with Gasteiger partial charge in [-0.15, -0.1) is 0 Å². The lowest BCUT2D eigenvalue weighted by Gasteiger charge is -2.19. The number of likely N-dealkylation sites (tertiary alicyclic amines) is 1. The summed E-state index contributed by atoms with van der Waals surface area (Å²) in [7, 11) is 0. The Morgan fingerprint density at radius 2 is 2.00 bits per heavy atom. The van der Waals surface area contributed by atoms with Crippen LogP contribution in [0.1, 0.15) is 28.0 Å². The lowest BCUT2D eigenvalue weighted by Crippen LogP contribution is -2.35. The van der Waals surface area contributed by atoms with Crippen LogP contribution >= 0.6 is 22.9 Å². The fraction of sp³-hybridized carbons (Fsp3) is 0.346. The van der Waals surface area contributed by atoms with Gasteiger partial charge in [0.25, 0.3) is 0 Å². The predicted molar refractivity (Wildman–Crippen MR) is 140 cm³/mol. The summed E-state index contributed by atoms with van der Waals surface area (Å²) in [6.45, 7) is 0.511. The molecule has 0 radical (unpaired) electrons. The first kappa shape index (κ1) is 27.5. The van der Waals surface area contributed by atoms with Gasteiger partial charge in [0, 0.05) is 36.6 Å². The fourth-order valence-corrected chi connectivity index (χ4v) is 5.97. The van der Waals surface area contributed by atoms with E-state index < -0.39 is 34.8 Å². The summed E-state index contributed by atoms with van der Waals surface area (Å²) in [6.07, 6.45) is -5.14. The molecule has 0 spiro atoms. The molecule has 3 aromatic rings. The van der Waals surface area contributed by atoms with Crippen LogP contribution in [-0.2, 0) is 19.1 Å². The van der Waals surface area contributed by atoms with Crippen LogP contribution < -0.4 is 15.4 Å². The molecule has 2 atom stereocenters. The molecule has 0 saturated carbocycles. The van der Waals surface area contributed by atoms with Gasteiger partial charge in [0.05, 0.1) is 34.7 Å². The number of β-amino-alcohol motifs (C(OH)–C–C–N with tert-alkyl or cyclic N) is 1. The maximum absolute atomic E-state index is 13.9. The second kappa shape index (κ2) is 10.8. The quantitative estimate of drug-likeness (QED) is 0.419. The van der Waals surface area contributed by atoms with Crippen molar-refractivity contribution in [3.63, 3.8) is 0 Å². The molecular formula is C26H23ClF4N4O3S. The van der Waals surface area contributed by atoms with Crippen molar-refractivity contribution in [2.24, 2.45) is 10.2 Å². The maximum atomic E-state index is 13.9. The number of benzene rings is 2. The molecule has 5 rings (SSSR count). The molecule has 2 N–H and O–H groups in total. The minimum atomic E-state index is -4.69. The Labute approximate surface area is 228 Å². The lowest BCUT2D eigenvalue weighted by molar-refractivity contribution is -0.138. The Kier molecular flexibility index (Phi) is 7.64. The van der Waals surface area contributed by atoms with Gasteiger partial charge in [-0.3, -0.25) is 14.3 Å². The Morgan fingerprint density at radius 3 is 2.72 bits per heavy atom. The minimum absolute atomic E-state index is 0.0760. The van der Waals surface area contributed by atoms with Gasteiger partial charge in [-0.05, 0) is 47.0 Å². The molecule has 3 heterocycles. The summed E-state index contributed by atoms with van der Waals surface area (Å²) < 4.78 is 56.2. The third-order valence-corrected chi connectivity index (χ3v) is 7.97. The summed E-state index contributed by atoms with van der Waals surface area (Å²) in [6, 6.07) is 8.43. The molecule has 39 heavy (non-hydrogen) atoms. The number of halogens is 5. The van der Waals surface area contributed by atoms with E-state index in [0.717, 1.165) is 10.6 Å². The largest absolute Gasteiger partial charge is 0.493 e. The van der Waals surface area contributed by atoms with Crippen molar-refractivity contribution < 1.29 is 27.8 Å². The van der Waals surface area contributed by atoms with Gasteiger partial charge in [-0.1, -0.05) is 35.1 Å². The molecule has 1 aromatic heterocycles. The molecule has 13 heteroatoms. The van der Waals surface area contributed by atoms with E-state index in [1.54, 1.807) is 23.1 Å². The van der Waals surface area contributed by atoms with E-state index in [-0.39, 0.29) is 47.1 Å². The number of aromatic hydroxyl groups is 1. The Morgan fingerprint density at radius 1 is 1.21 bits per heavy atom. The van der Waals surface area contributed by atoms with Gasteiger partial charge in [0.15, 0.2) is 0 Å². The highest BCUT2D eigenvalue weighted by molar-refractivity contribution is 7.10. The Hall–Kier alpha value is -3.06. The van der Waals surface area contributed by atoms with Crippen molar-refractivity contribution >= 4 is 34.7 Å². The van der Waals surface area contributed by atoms with Crippen molar-refractivity contribution in [2.45, 2.75) is 37.8 Å². The van der Waals surface area contributed by atoms with Crippen LogP contribution in [0.25, 0.3) is 5.57 Å². The number of aliphatic hydroxyl groups is 1. The maximum Gasteiger partial charge on any atom is 0.416 e. The van der Waals surface area contributed by atoms with Crippen molar-refractivity contribution in [3.8, 4) is 5.88 Å². The fourth-order valence-electron chi connectivity index (χ4n) is 4.83. The number of aliphatic hydroxyl groups excluding tert-OH is 1. The van der Waals surface area contributed by atoms with E-state index >= 15 is 0 Å². The predicted octanol–water partition coefficient (Wildman–Crippen LogP) is 3.10. The highest BCUT2D eigenvalue weighted by atomic mass is 35.5. The van der Waals surface area contributed by atoms with E-state index in [4.69, 9.17) is 11.6 Å². The molecule has 2 aliphatic heterocycles. The first-order chi connectivity index (χ1) is 18.5. The second-order valence-corrected chi connectivity index (χ2v) is 10.9. The number of rotatable bonds is 7. The van der Waals surface area contributed by atoms with Crippen molar-refractivity contribution in [3.05, 3.63) is 83.2 Å². The van der Waals surface area contributed by atoms with E-state index in [1.807, 2.05) is 0 Å². The molecule has 2 aliphatic rings. The molecular weight excluding hydrogens is 560 g/mol. The van der Waals surface area contributed by atoms with Crippen LogP contribution in [0, 0.1) is 0 Å². The molecule has 0 unspecified atom stereocenters. The zero-order valence-corrected chi connectivity index (χ0v) is 21.9. The number of hydrogen-bond acceptors (Lipinski definition) is 7. The average Bonchev–Trinajstić information content (AvgIpc) is 3.58. The topological polar surface area (TPSA) is 90.4 Å². The zero-order chi connectivity index (χ0) is 27.9. The number of fused-ring (bicyclic) bond motifs is 1. The van der Waals surface area contributed by atoms with Gasteiger partial charge in [-0.2, -0.15) is 23.4 Å². The van der Waals surface area contributed by atoms with Gasteiger partial charge in [0.2, 0.25) is 5.88 Å². The van der Waals surface area contributed by atoms with Crippen LogP contribution in [0.15, 0.2) is 51.4 Å². The van der Waals surface area contributed by atoms with Gasteiger partial charge >= 0.3 is 11.0 Å². The van der Waals surface area contributed by atoms with Crippen LogP contribution in [0.4, 0.5) is 17.6 Å². The molecule has 206 valence electrons. The molecule has 1 saturated heterocycles. The smallest absolute Gasteiger partial charge is 0.416 e. The molecule has 0 amide bonds. The first-order valence-electron chi connectivity index (χ1n) is 12.1. The number of nitrogens with zero attached hydrogens (tertiary/aromatic N) is 4. The summed E-state index contributed by atoms with van der Waals surface area (Å²) >= 11 is 6.53. The Bertz CT molecular complexity index is 1620. The van der Waals surface area contributed by atoms with Gasteiger partial charge in [-0.25, -0.2) is 4.39 Å². The lowest BCUT2D eigenvalue weighted by atomic mass is 9.96. The summed E-state index contributed by atoms with van der Waals surface area (Å²) in [4.78, 5) is 14.1. The third kappa shape index (κ3) is 5.93. The summed E-state index contributed by atoms with van der Waals surface area (Å²) in [5.74, 6) is -0.467. The van der Waals surface area contributed by atoms with E-state index in [9.17, 15) is 32.6 Å². The van der Waals surface area contributed by atoms with Crippen LogP contribution in [0.5, 0.6) is 5.88 Å². The van der Waals surface area contributed by atoms with Crippen molar-refractivity contribution in [1.29, 1.82) is 0 Å². The molecule has 2 aromatic carbocycles. The summed E-state index contributed by atoms with van der Waals surface area (Å²) in [5.41, 5.74) is -0.111. The van der Waals surface area contributed by atoms with Crippen LogP contribution in [0.3, 0.4) is 0 Å². The van der Waals surface area contributed by atoms with E-state index in [2.05, 4.69) is 10.2 Å². The molecule has 0 aliphatic carbocycles. The van der Waals surface area contributed by atoms with Crippen molar-refractivity contribution in [2.75, 3.05) is 19.6 Å². The minimum Gasteiger partial charge on any atom is -0.493 e. The monoisotopic (exact) mass is 582 g/mol. The second-order valence-electron chi connectivity index (χ2n) is 9.50. The van der Waals surface area contributed by atoms with Crippen molar-refractivity contribution in [1.82, 2.24) is 9.47 Å².